The number of nitrogens with one attached hydrogen (secondary N) is 1. The lowest BCUT2D eigenvalue weighted by Gasteiger charge is -2.42. The van der Waals surface area contributed by atoms with Crippen LogP contribution in [0.1, 0.15) is 36.7 Å². The molecule has 2 aliphatic rings. The highest BCUT2D eigenvalue weighted by Gasteiger charge is 2.40. The van der Waals surface area contributed by atoms with Crippen molar-refractivity contribution in [3.8, 4) is 5.69 Å². The van der Waals surface area contributed by atoms with E-state index in [4.69, 9.17) is 14.7 Å². The second kappa shape index (κ2) is 8.35. The molecule has 1 aromatic carbocycles. The molecule has 2 aliphatic heterocycles. The zero-order valence-corrected chi connectivity index (χ0v) is 18.7. The number of anilines is 3. The van der Waals surface area contributed by atoms with E-state index in [9.17, 15) is 4.79 Å². The maximum Gasteiger partial charge on any atom is 0.229 e. The van der Waals surface area contributed by atoms with Gasteiger partial charge in [-0.1, -0.05) is 6.92 Å². The zero-order valence-electron chi connectivity index (χ0n) is 18.7. The normalized spacial score (nSPS) is 20.1. The van der Waals surface area contributed by atoms with Gasteiger partial charge in [-0.05, 0) is 44.0 Å². The highest BCUT2D eigenvalue weighted by molar-refractivity contribution is 5.93. The highest BCUT2D eigenvalue weighted by atomic mass is 16.5. The standard InChI is InChI=1S/C24H28N6O2/c1-4-20-19-12-22(31)21-11-18(32-3)9-10-30(21)23(19)28-24(27-20)26-16-5-7-17(8-6-16)29-13-15(2)25-14-29/h5-8,13-14,18,21H,4,9-12H2,1-3H3,(H,26,27,28). The van der Waals surface area contributed by atoms with E-state index < -0.39 is 0 Å². The quantitative estimate of drug-likeness (QED) is 0.661. The Morgan fingerprint density at radius 1 is 1.22 bits per heavy atom. The van der Waals surface area contributed by atoms with Crippen molar-refractivity contribution in [2.75, 3.05) is 23.9 Å². The minimum atomic E-state index is -0.161. The molecule has 0 radical (unpaired) electrons. The number of benzene rings is 1. The number of Topliss-reactive ketones (excluding diaryl/α,β-unsaturated/α-hetero) is 1. The van der Waals surface area contributed by atoms with Crippen molar-refractivity contribution in [3.63, 3.8) is 0 Å². The summed E-state index contributed by atoms with van der Waals surface area (Å²) in [7, 11) is 1.72. The average Bonchev–Trinajstić information content (AvgIpc) is 3.25. The number of imidazole rings is 1. The molecule has 2 unspecified atom stereocenters. The van der Waals surface area contributed by atoms with Crippen LogP contribution in [0.5, 0.6) is 0 Å². The van der Waals surface area contributed by atoms with Gasteiger partial charge in [0.25, 0.3) is 0 Å². The number of fused-ring (bicyclic) bond motifs is 3. The van der Waals surface area contributed by atoms with E-state index in [2.05, 4.69) is 22.1 Å². The molecular weight excluding hydrogens is 404 g/mol. The molecule has 1 saturated heterocycles. The maximum absolute atomic E-state index is 12.9. The van der Waals surface area contributed by atoms with E-state index >= 15 is 0 Å². The second-order valence-corrected chi connectivity index (χ2v) is 8.48. The molecule has 3 aromatic rings. The summed E-state index contributed by atoms with van der Waals surface area (Å²) >= 11 is 0. The molecule has 5 rings (SSSR count). The Balaban J connectivity index is 1.43. The van der Waals surface area contributed by atoms with E-state index in [1.165, 1.54) is 0 Å². The van der Waals surface area contributed by atoms with Crippen LogP contribution in [0.25, 0.3) is 5.69 Å². The Morgan fingerprint density at radius 2 is 2.03 bits per heavy atom. The maximum atomic E-state index is 12.9. The van der Waals surface area contributed by atoms with Crippen molar-refractivity contribution in [1.82, 2.24) is 19.5 Å². The molecule has 0 aliphatic carbocycles. The molecule has 2 atom stereocenters. The number of methoxy groups -OCH3 is 1. The van der Waals surface area contributed by atoms with Crippen LogP contribution in [0.3, 0.4) is 0 Å². The topological polar surface area (TPSA) is 85.2 Å². The lowest BCUT2D eigenvalue weighted by Crippen LogP contribution is -2.53. The number of carbonyl (C=O) groups is 1. The Morgan fingerprint density at radius 3 is 2.72 bits per heavy atom. The van der Waals surface area contributed by atoms with Crippen molar-refractivity contribution in [2.45, 2.75) is 51.7 Å². The van der Waals surface area contributed by atoms with Gasteiger partial charge < -0.3 is 19.5 Å². The lowest BCUT2D eigenvalue weighted by atomic mass is 9.88. The summed E-state index contributed by atoms with van der Waals surface area (Å²) in [6, 6.07) is 7.93. The van der Waals surface area contributed by atoms with Crippen LogP contribution in [0.15, 0.2) is 36.8 Å². The summed E-state index contributed by atoms with van der Waals surface area (Å²) in [5, 5.41) is 3.36. The Bertz CT molecular complexity index is 1140. The molecule has 2 aromatic heterocycles. The van der Waals surface area contributed by atoms with Crippen LogP contribution < -0.4 is 10.2 Å². The summed E-state index contributed by atoms with van der Waals surface area (Å²) < 4.78 is 7.53. The summed E-state index contributed by atoms with van der Waals surface area (Å²) in [6.07, 6.45) is 6.70. The van der Waals surface area contributed by atoms with Crippen LogP contribution in [-0.2, 0) is 22.4 Å². The highest BCUT2D eigenvalue weighted by Crippen LogP contribution is 2.35. The van der Waals surface area contributed by atoms with Gasteiger partial charge in [0.2, 0.25) is 5.95 Å². The van der Waals surface area contributed by atoms with Crippen LogP contribution in [0.2, 0.25) is 0 Å². The molecule has 4 heterocycles. The van der Waals surface area contributed by atoms with Crippen molar-refractivity contribution < 1.29 is 9.53 Å². The third kappa shape index (κ3) is 3.75. The predicted octanol–water partition coefficient (Wildman–Crippen LogP) is 3.39. The molecule has 1 N–H and O–H groups in total. The molecule has 0 saturated carbocycles. The van der Waals surface area contributed by atoms with Crippen LogP contribution in [0.4, 0.5) is 17.5 Å². The third-order valence-corrected chi connectivity index (χ3v) is 6.42. The number of hydrogen-bond donors (Lipinski definition) is 1. The minimum absolute atomic E-state index is 0.129. The number of ketones is 1. The fourth-order valence-electron chi connectivity index (χ4n) is 4.69. The van der Waals surface area contributed by atoms with E-state index in [1.807, 2.05) is 48.3 Å². The summed E-state index contributed by atoms with van der Waals surface area (Å²) in [4.78, 5) is 28.9. The third-order valence-electron chi connectivity index (χ3n) is 6.42. The van der Waals surface area contributed by atoms with Gasteiger partial charge in [-0.2, -0.15) is 4.98 Å². The van der Waals surface area contributed by atoms with E-state index in [0.29, 0.717) is 12.4 Å². The van der Waals surface area contributed by atoms with E-state index in [-0.39, 0.29) is 17.9 Å². The van der Waals surface area contributed by atoms with Crippen molar-refractivity contribution in [2.24, 2.45) is 0 Å². The monoisotopic (exact) mass is 432 g/mol. The van der Waals surface area contributed by atoms with Crippen molar-refractivity contribution in [1.29, 1.82) is 0 Å². The Hall–Kier alpha value is -3.26. The molecule has 166 valence electrons. The van der Waals surface area contributed by atoms with Crippen molar-refractivity contribution >= 4 is 23.2 Å². The number of ether oxygens (including phenoxy) is 1. The number of aromatic nitrogens is 4. The van der Waals surface area contributed by atoms with Gasteiger partial charge in [0, 0.05) is 49.6 Å². The molecule has 8 heteroatoms. The van der Waals surface area contributed by atoms with E-state index in [1.54, 1.807) is 7.11 Å². The van der Waals surface area contributed by atoms with Crippen molar-refractivity contribution in [3.05, 3.63) is 53.7 Å². The number of carbonyl (C=O) groups excluding carboxylic acids is 1. The first-order chi connectivity index (χ1) is 15.6. The first kappa shape index (κ1) is 20.6. The van der Waals surface area contributed by atoms with Crippen LogP contribution in [-0.4, -0.2) is 51.1 Å². The molecule has 32 heavy (non-hydrogen) atoms. The second-order valence-electron chi connectivity index (χ2n) is 8.48. The van der Waals surface area contributed by atoms with E-state index in [0.717, 1.165) is 60.0 Å². The smallest absolute Gasteiger partial charge is 0.229 e. The van der Waals surface area contributed by atoms with Gasteiger partial charge in [0.05, 0.1) is 29.9 Å². The molecular formula is C24H28N6O2. The first-order valence-corrected chi connectivity index (χ1v) is 11.2. The van der Waals surface area contributed by atoms with Crippen LogP contribution in [0, 0.1) is 6.92 Å². The number of piperidine rings is 1. The number of aryl methyl sites for hydroxylation is 2. The predicted molar refractivity (Wildman–Crippen MR) is 123 cm³/mol. The fourth-order valence-corrected chi connectivity index (χ4v) is 4.69. The summed E-state index contributed by atoms with van der Waals surface area (Å²) in [6.45, 7) is 4.81. The first-order valence-electron chi connectivity index (χ1n) is 11.2. The molecule has 0 bridgehead atoms. The lowest BCUT2D eigenvalue weighted by molar-refractivity contribution is -0.121. The number of hydrogen-bond acceptors (Lipinski definition) is 7. The molecule has 8 nitrogen and oxygen atoms in total. The SMILES string of the molecule is CCc1nc(Nc2ccc(-n3cnc(C)c3)cc2)nc2c1CC(=O)C1CC(OC)CCN21. The summed E-state index contributed by atoms with van der Waals surface area (Å²) in [5.74, 6) is 1.70. The Labute approximate surface area is 187 Å². The number of rotatable bonds is 5. The minimum Gasteiger partial charge on any atom is -0.381 e. The van der Waals surface area contributed by atoms with Crippen LogP contribution >= 0.6 is 0 Å². The van der Waals surface area contributed by atoms with Gasteiger partial charge >= 0.3 is 0 Å². The summed E-state index contributed by atoms with van der Waals surface area (Å²) in [5.41, 5.74) is 4.84. The largest absolute Gasteiger partial charge is 0.381 e. The van der Waals surface area contributed by atoms with Gasteiger partial charge in [-0.15, -0.1) is 0 Å². The van der Waals surface area contributed by atoms with Gasteiger partial charge in [0.1, 0.15) is 5.82 Å². The molecule has 0 amide bonds. The average molecular weight is 433 g/mol. The van der Waals surface area contributed by atoms with Gasteiger partial charge in [-0.3, -0.25) is 4.79 Å². The fraction of sp³-hybridized carbons (Fsp3) is 0.417. The molecule has 0 spiro atoms. The number of nitrogens with zero attached hydrogens (tertiary/aromatic N) is 5. The Kier molecular flexibility index (Phi) is 5.38. The molecule has 1 fully saturated rings. The van der Waals surface area contributed by atoms with Gasteiger partial charge in [-0.25, -0.2) is 9.97 Å². The zero-order chi connectivity index (χ0) is 22.2. The van der Waals surface area contributed by atoms with Gasteiger partial charge in [0.15, 0.2) is 5.78 Å².